The summed E-state index contributed by atoms with van der Waals surface area (Å²) in [5.74, 6) is 0.0950. The average Bonchev–Trinajstić information content (AvgIpc) is 3.04. The summed E-state index contributed by atoms with van der Waals surface area (Å²) in [6.07, 6.45) is 3.47. The molecule has 1 aromatic rings. The number of rotatable bonds is 4. The molecule has 0 saturated carbocycles. The molecular weight excluding hydrogens is 359 g/mol. The molecule has 5 nitrogen and oxygen atoms in total. The summed E-state index contributed by atoms with van der Waals surface area (Å²) < 4.78 is 11.4. The van der Waals surface area contributed by atoms with E-state index in [4.69, 9.17) is 14.4 Å². The first kappa shape index (κ1) is 14.1. The van der Waals surface area contributed by atoms with Crippen molar-refractivity contribution in [1.82, 2.24) is 5.32 Å². The van der Waals surface area contributed by atoms with Gasteiger partial charge in [-0.3, -0.25) is 4.79 Å². The number of ether oxygens (including phenoxy) is 1. The minimum absolute atomic E-state index is 0.0312. The van der Waals surface area contributed by atoms with Crippen molar-refractivity contribution in [3.63, 3.8) is 0 Å². The molecule has 1 N–H and O–H groups in total. The van der Waals surface area contributed by atoms with Crippen LogP contribution in [0.1, 0.15) is 18.6 Å². The number of carbonyl (C=O) groups excluding carboxylic acids is 1. The van der Waals surface area contributed by atoms with Gasteiger partial charge >= 0.3 is 0 Å². The van der Waals surface area contributed by atoms with Crippen molar-refractivity contribution in [2.45, 2.75) is 18.9 Å². The number of nitrogens with zero attached hydrogens (tertiary/aromatic N) is 1. The molecule has 1 unspecified atom stereocenters. The van der Waals surface area contributed by atoms with Gasteiger partial charge in [-0.2, -0.15) is 5.26 Å². The highest BCUT2D eigenvalue weighted by Gasteiger charge is 2.17. The first-order valence-corrected chi connectivity index (χ1v) is 7.04. The molecule has 0 spiro atoms. The maximum absolute atomic E-state index is 11.8. The van der Waals surface area contributed by atoms with Gasteiger partial charge in [-0.25, -0.2) is 0 Å². The molecule has 2 heterocycles. The van der Waals surface area contributed by atoms with Gasteiger partial charge in [0, 0.05) is 19.2 Å². The van der Waals surface area contributed by atoms with Crippen LogP contribution in [0, 0.1) is 15.1 Å². The lowest BCUT2D eigenvalue weighted by atomic mass is 10.2. The summed E-state index contributed by atoms with van der Waals surface area (Å²) in [4.78, 5) is 11.8. The van der Waals surface area contributed by atoms with Crippen LogP contribution in [0.3, 0.4) is 0 Å². The van der Waals surface area contributed by atoms with Gasteiger partial charge in [0.1, 0.15) is 17.4 Å². The molecule has 0 aliphatic carbocycles. The van der Waals surface area contributed by atoms with Gasteiger partial charge in [-0.05, 0) is 47.6 Å². The molecule has 1 aromatic heterocycles. The predicted molar refractivity (Wildman–Crippen MR) is 77.0 cm³/mol. The highest BCUT2D eigenvalue weighted by molar-refractivity contribution is 14.1. The fraction of sp³-hybridized carbons (Fsp3) is 0.385. The van der Waals surface area contributed by atoms with E-state index in [1.165, 1.54) is 6.08 Å². The van der Waals surface area contributed by atoms with Crippen molar-refractivity contribution in [2.24, 2.45) is 0 Å². The van der Waals surface area contributed by atoms with Crippen molar-refractivity contribution in [3.05, 3.63) is 27.2 Å². The van der Waals surface area contributed by atoms with Crippen LogP contribution in [0.15, 0.2) is 22.1 Å². The van der Waals surface area contributed by atoms with Crippen LogP contribution in [-0.2, 0) is 9.53 Å². The van der Waals surface area contributed by atoms with Crippen LogP contribution < -0.4 is 5.32 Å². The van der Waals surface area contributed by atoms with E-state index in [1.54, 1.807) is 12.1 Å². The summed E-state index contributed by atoms with van der Waals surface area (Å²) in [6, 6.07) is 5.37. The Morgan fingerprint density at radius 3 is 3.05 bits per heavy atom. The number of carbonyl (C=O) groups is 1. The molecule has 6 heteroatoms. The zero-order chi connectivity index (χ0) is 13.7. The monoisotopic (exact) mass is 372 g/mol. The standard InChI is InChI=1S/C13H13IN2O3/c14-12-4-3-10(19-12)6-9(7-15)13(17)16-8-11-2-1-5-18-11/h3-4,6,11H,1-2,5,8H2,(H,16,17)/b9-6-. The molecule has 1 aliphatic heterocycles. The topological polar surface area (TPSA) is 75.3 Å². The molecule has 1 fully saturated rings. The number of furan rings is 1. The summed E-state index contributed by atoms with van der Waals surface area (Å²) >= 11 is 2.02. The maximum Gasteiger partial charge on any atom is 0.262 e. The van der Waals surface area contributed by atoms with E-state index in [1.807, 2.05) is 28.7 Å². The minimum atomic E-state index is -0.399. The molecule has 1 saturated heterocycles. The average molecular weight is 372 g/mol. The van der Waals surface area contributed by atoms with Gasteiger partial charge in [0.25, 0.3) is 5.91 Å². The Hall–Kier alpha value is -1.33. The highest BCUT2D eigenvalue weighted by atomic mass is 127. The SMILES string of the molecule is N#C/C(=C/c1ccc(I)o1)C(=O)NCC1CCCO1. The normalized spacial score (nSPS) is 19.2. The van der Waals surface area contributed by atoms with Crippen LogP contribution in [0.5, 0.6) is 0 Å². The lowest BCUT2D eigenvalue weighted by Gasteiger charge is -2.09. The lowest BCUT2D eigenvalue weighted by molar-refractivity contribution is -0.117. The van der Waals surface area contributed by atoms with E-state index in [0.29, 0.717) is 16.1 Å². The Labute approximate surface area is 124 Å². The fourth-order valence-corrected chi connectivity index (χ4v) is 2.24. The van der Waals surface area contributed by atoms with E-state index >= 15 is 0 Å². The van der Waals surface area contributed by atoms with E-state index in [-0.39, 0.29) is 11.7 Å². The summed E-state index contributed by atoms with van der Waals surface area (Å²) in [6.45, 7) is 1.18. The van der Waals surface area contributed by atoms with Gasteiger partial charge in [0.15, 0.2) is 3.77 Å². The third-order valence-corrected chi connectivity index (χ3v) is 3.34. The second-order valence-corrected chi connectivity index (χ2v) is 5.22. The molecule has 0 bridgehead atoms. The predicted octanol–water partition coefficient (Wildman–Crippen LogP) is 2.09. The van der Waals surface area contributed by atoms with Crippen molar-refractivity contribution in [3.8, 4) is 6.07 Å². The summed E-state index contributed by atoms with van der Waals surface area (Å²) in [5.41, 5.74) is 0.0312. The Kier molecular flexibility index (Phi) is 4.99. The first-order chi connectivity index (χ1) is 9.19. The number of nitrogens with one attached hydrogen (secondary N) is 1. The van der Waals surface area contributed by atoms with Crippen molar-refractivity contribution in [1.29, 1.82) is 5.26 Å². The molecule has 100 valence electrons. The second-order valence-electron chi connectivity index (χ2n) is 4.16. The molecule has 2 rings (SSSR count). The molecule has 1 amide bonds. The minimum Gasteiger partial charge on any atom is -0.451 e. The number of halogens is 1. The molecule has 19 heavy (non-hydrogen) atoms. The zero-order valence-corrected chi connectivity index (χ0v) is 12.3. The van der Waals surface area contributed by atoms with Crippen LogP contribution in [0.2, 0.25) is 0 Å². The van der Waals surface area contributed by atoms with Gasteiger partial charge in [0.05, 0.1) is 6.10 Å². The highest BCUT2D eigenvalue weighted by Crippen LogP contribution is 2.14. The van der Waals surface area contributed by atoms with Gasteiger partial charge in [-0.1, -0.05) is 0 Å². The third kappa shape index (κ3) is 4.08. The number of hydrogen-bond donors (Lipinski definition) is 1. The second kappa shape index (κ2) is 6.73. The van der Waals surface area contributed by atoms with Crippen LogP contribution >= 0.6 is 22.6 Å². The molecule has 1 aliphatic rings. The van der Waals surface area contributed by atoms with Crippen LogP contribution in [0.25, 0.3) is 6.08 Å². The van der Waals surface area contributed by atoms with Crippen LogP contribution in [0.4, 0.5) is 0 Å². The third-order valence-electron chi connectivity index (χ3n) is 2.76. The first-order valence-electron chi connectivity index (χ1n) is 5.96. The fourth-order valence-electron chi connectivity index (χ4n) is 1.80. The van der Waals surface area contributed by atoms with Gasteiger partial charge in [0.2, 0.25) is 0 Å². The lowest BCUT2D eigenvalue weighted by Crippen LogP contribution is -2.32. The Bertz CT molecular complexity index is 524. The quantitative estimate of drug-likeness (QED) is 0.499. The molecule has 0 aromatic carbocycles. The van der Waals surface area contributed by atoms with Crippen molar-refractivity contribution < 1.29 is 13.9 Å². The smallest absolute Gasteiger partial charge is 0.262 e. The summed E-state index contributed by atoms with van der Waals surface area (Å²) in [5, 5.41) is 11.7. The van der Waals surface area contributed by atoms with Crippen molar-refractivity contribution in [2.75, 3.05) is 13.2 Å². The van der Waals surface area contributed by atoms with E-state index in [2.05, 4.69) is 5.32 Å². The number of hydrogen-bond acceptors (Lipinski definition) is 4. The molecular formula is C13H13IN2O3. The Morgan fingerprint density at radius 1 is 1.63 bits per heavy atom. The maximum atomic E-state index is 11.8. The van der Waals surface area contributed by atoms with E-state index in [9.17, 15) is 4.79 Å². The Balaban J connectivity index is 1.95. The van der Waals surface area contributed by atoms with Gasteiger partial charge < -0.3 is 14.5 Å². The van der Waals surface area contributed by atoms with E-state index in [0.717, 1.165) is 19.4 Å². The summed E-state index contributed by atoms with van der Waals surface area (Å²) in [7, 11) is 0. The largest absolute Gasteiger partial charge is 0.451 e. The zero-order valence-electron chi connectivity index (χ0n) is 10.2. The van der Waals surface area contributed by atoms with Gasteiger partial charge in [-0.15, -0.1) is 0 Å². The number of nitriles is 1. The number of amides is 1. The molecule has 1 atom stereocenters. The van der Waals surface area contributed by atoms with Crippen molar-refractivity contribution >= 4 is 34.6 Å². The molecule has 0 radical (unpaired) electrons. The van der Waals surface area contributed by atoms with Crippen LogP contribution in [-0.4, -0.2) is 25.2 Å². The Morgan fingerprint density at radius 2 is 2.47 bits per heavy atom. The van der Waals surface area contributed by atoms with E-state index < -0.39 is 5.91 Å².